The SMILES string of the molecule is O=C([O-])C1=CC=CON1.O=C([O-])C1=CC=CON1.[K+].[K+]. The Labute approximate surface area is 199 Å². The Kier molecular flexibility index (Phi) is 14.8. The molecular weight excluding hydrogens is 322 g/mol. The Morgan fingerprint density at radius 3 is 1.35 bits per heavy atom. The Hall–Kier alpha value is 0.373. The van der Waals surface area contributed by atoms with Crippen molar-refractivity contribution in [1.29, 1.82) is 0 Å². The number of hydrogen-bond donors (Lipinski definition) is 2. The van der Waals surface area contributed by atoms with E-state index < -0.39 is 11.9 Å². The van der Waals surface area contributed by atoms with Crippen LogP contribution >= 0.6 is 0 Å². The molecule has 2 N–H and O–H groups in total. The summed E-state index contributed by atoms with van der Waals surface area (Å²) in [5, 5.41) is 20.0. The van der Waals surface area contributed by atoms with Crippen LogP contribution < -0.4 is 124 Å². The number of allylic oxidation sites excluding steroid dienone is 4. The molecule has 0 aliphatic carbocycles. The van der Waals surface area contributed by atoms with Crippen LogP contribution in [-0.2, 0) is 19.3 Å². The van der Waals surface area contributed by atoms with Gasteiger partial charge in [0, 0.05) is 0 Å². The summed E-state index contributed by atoms with van der Waals surface area (Å²) in [7, 11) is 0. The average Bonchev–Trinajstić information content (AvgIpc) is 2.41. The van der Waals surface area contributed by atoms with Gasteiger partial charge in [-0.3, -0.25) is 0 Å². The molecule has 0 amide bonds. The smallest absolute Gasteiger partial charge is 0.543 e. The van der Waals surface area contributed by atoms with Gasteiger partial charge in [0.05, 0.1) is 23.3 Å². The van der Waals surface area contributed by atoms with Gasteiger partial charge >= 0.3 is 103 Å². The van der Waals surface area contributed by atoms with Crippen LogP contribution in [0.25, 0.3) is 0 Å². The maximum atomic E-state index is 10.00. The number of carbonyl (C=O) groups is 2. The zero-order chi connectivity index (χ0) is 13.4. The molecule has 2 rings (SSSR count). The van der Waals surface area contributed by atoms with E-state index in [9.17, 15) is 19.8 Å². The molecule has 0 radical (unpaired) electrons. The van der Waals surface area contributed by atoms with E-state index in [4.69, 9.17) is 0 Å². The first-order valence-corrected chi connectivity index (χ1v) is 4.61. The third-order valence-electron chi connectivity index (χ3n) is 1.60. The van der Waals surface area contributed by atoms with Gasteiger partial charge in [-0.25, -0.2) is 11.0 Å². The van der Waals surface area contributed by atoms with E-state index in [-0.39, 0.29) is 114 Å². The van der Waals surface area contributed by atoms with Gasteiger partial charge in [-0.2, -0.15) is 0 Å². The summed E-state index contributed by atoms with van der Waals surface area (Å²) in [6, 6.07) is 0. The van der Waals surface area contributed by atoms with E-state index in [1.165, 1.54) is 36.8 Å². The predicted molar refractivity (Wildman–Crippen MR) is 52.9 cm³/mol. The maximum absolute atomic E-state index is 10.00. The molecule has 20 heavy (non-hydrogen) atoms. The van der Waals surface area contributed by atoms with Crippen molar-refractivity contribution in [3.63, 3.8) is 0 Å². The number of aliphatic carboxylic acids is 2. The van der Waals surface area contributed by atoms with Crippen LogP contribution in [0.3, 0.4) is 0 Å². The molecule has 0 bridgehead atoms. The molecule has 96 valence electrons. The predicted octanol–water partition coefficient (Wildman–Crippen LogP) is -8.65. The number of rotatable bonds is 2. The summed E-state index contributed by atoms with van der Waals surface area (Å²) >= 11 is 0. The normalized spacial score (nSPS) is 13.8. The van der Waals surface area contributed by atoms with Gasteiger partial charge in [0.25, 0.3) is 0 Å². The van der Waals surface area contributed by atoms with E-state index in [0.29, 0.717) is 0 Å². The van der Waals surface area contributed by atoms with E-state index in [1.54, 1.807) is 0 Å². The number of nitrogens with one attached hydrogen (secondary N) is 2. The molecule has 2 aliphatic heterocycles. The van der Waals surface area contributed by atoms with Gasteiger partial charge in [0.2, 0.25) is 0 Å². The average molecular weight is 330 g/mol. The van der Waals surface area contributed by atoms with Gasteiger partial charge in [-0.05, 0) is 24.3 Å². The first-order chi connectivity index (χ1) is 8.61. The van der Waals surface area contributed by atoms with Crippen LogP contribution in [0, 0.1) is 0 Å². The van der Waals surface area contributed by atoms with Crippen molar-refractivity contribution in [1.82, 2.24) is 11.0 Å². The fraction of sp³-hybridized carbons (Fsp3) is 0. The zero-order valence-electron chi connectivity index (χ0n) is 10.9. The first kappa shape index (κ1) is 22.7. The van der Waals surface area contributed by atoms with Crippen molar-refractivity contribution in [3.8, 4) is 0 Å². The van der Waals surface area contributed by atoms with Crippen LogP contribution in [0.2, 0.25) is 0 Å². The monoisotopic (exact) mass is 330 g/mol. The second kappa shape index (κ2) is 13.1. The van der Waals surface area contributed by atoms with Crippen molar-refractivity contribution in [2.75, 3.05) is 0 Å². The van der Waals surface area contributed by atoms with Crippen molar-refractivity contribution in [2.24, 2.45) is 0 Å². The van der Waals surface area contributed by atoms with Gasteiger partial charge in [0.15, 0.2) is 0 Å². The Balaban J connectivity index is 0. The van der Waals surface area contributed by atoms with Crippen LogP contribution in [0.15, 0.2) is 48.2 Å². The maximum Gasteiger partial charge on any atom is 1.00 e. The number of hydrogen-bond acceptors (Lipinski definition) is 8. The number of carbonyl (C=O) groups excluding carboxylic acids is 2. The van der Waals surface area contributed by atoms with E-state index in [2.05, 4.69) is 20.6 Å². The van der Waals surface area contributed by atoms with Gasteiger partial charge < -0.3 is 29.5 Å². The molecule has 0 aromatic carbocycles. The van der Waals surface area contributed by atoms with Crippen LogP contribution in [-0.4, -0.2) is 11.9 Å². The van der Waals surface area contributed by atoms with Crippen LogP contribution in [0.5, 0.6) is 0 Å². The molecule has 0 spiro atoms. The standard InChI is InChI=1S/2C5H5NO3.2K/c2*7-5(8)4-2-1-3-9-6-4;;/h2*1-3,6H,(H,7,8);;/q;;2*+1/p-2. The van der Waals surface area contributed by atoms with Crippen molar-refractivity contribution >= 4 is 11.9 Å². The minimum absolute atomic E-state index is 0. The molecule has 10 heteroatoms. The molecule has 8 nitrogen and oxygen atoms in total. The molecule has 0 atom stereocenters. The summed E-state index contributed by atoms with van der Waals surface area (Å²) in [6.45, 7) is 0. The molecule has 2 heterocycles. The molecule has 0 saturated carbocycles. The van der Waals surface area contributed by atoms with Crippen LogP contribution in [0.4, 0.5) is 0 Å². The third kappa shape index (κ3) is 9.33. The summed E-state index contributed by atoms with van der Waals surface area (Å²) in [5.74, 6) is -2.56. The Morgan fingerprint density at radius 2 is 1.20 bits per heavy atom. The third-order valence-corrected chi connectivity index (χ3v) is 1.60. The fourth-order valence-electron chi connectivity index (χ4n) is 0.832. The minimum atomic E-state index is -1.28. The second-order valence-corrected chi connectivity index (χ2v) is 2.83. The topological polar surface area (TPSA) is 123 Å². The quantitative estimate of drug-likeness (QED) is 0.479. The Morgan fingerprint density at radius 1 is 0.850 bits per heavy atom. The Bertz CT molecular complexity index is 417. The summed E-state index contributed by atoms with van der Waals surface area (Å²) in [5.41, 5.74) is 4.12. The molecule has 0 unspecified atom stereocenters. The van der Waals surface area contributed by atoms with Crippen molar-refractivity contribution < 1.29 is 132 Å². The van der Waals surface area contributed by atoms with Crippen LogP contribution in [0.1, 0.15) is 0 Å². The van der Waals surface area contributed by atoms with Crippen molar-refractivity contribution in [2.45, 2.75) is 0 Å². The first-order valence-electron chi connectivity index (χ1n) is 4.61. The van der Waals surface area contributed by atoms with Gasteiger partial charge in [0.1, 0.15) is 12.5 Å². The molecule has 0 fully saturated rings. The molecular formula is C10H8K2N2O6. The summed E-state index contributed by atoms with van der Waals surface area (Å²) < 4.78 is 0. The largest absolute Gasteiger partial charge is 1.00 e. The van der Waals surface area contributed by atoms with Gasteiger partial charge in [-0.1, -0.05) is 0 Å². The number of carboxylic acids is 2. The van der Waals surface area contributed by atoms with E-state index in [1.807, 2.05) is 0 Å². The fourth-order valence-corrected chi connectivity index (χ4v) is 0.832. The zero-order valence-corrected chi connectivity index (χ0v) is 17.2. The minimum Gasteiger partial charge on any atom is -0.543 e. The second-order valence-electron chi connectivity index (χ2n) is 2.83. The van der Waals surface area contributed by atoms with Crippen molar-refractivity contribution in [3.05, 3.63) is 48.2 Å². The molecule has 0 aromatic rings. The van der Waals surface area contributed by atoms with E-state index in [0.717, 1.165) is 0 Å². The number of hydroxylamine groups is 2. The van der Waals surface area contributed by atoms with E-state index >= 15 is 0 Å². The summed E-state index contributed by atoms with van der Waals surface area (Å²) in [6.07, 6.45) is 8.26. The number of carboxylic acid groups (broad SMARTS) is 2. The molecule has 0 saturated heterocycles. The van der Waals surface area contributed by atoms with Gasteiger partial charge in [-0.15, -0.1) is 0 Å². The summed E-state index contributed by atoms with van der Waals surface area (Å²) in [4.78, 5) is 28.8. The molecule has 0 aromatic heterocycles. The molecule has 2 aliphatic rings.